The van der Waals surface area contributed by atoms with Gasteiger partial charge in [-0.3, -0.25) is 14.9 Å². The minimum absolute atomic E-state index is 0.112. The molecule has 0 fully saturated rings. The van der Waals surface area contributed by atoms with Gasteiger partial charge in [0, 0.05) is 29.8 Å². The highest BCUT2D eigenvalue weighted by Gasteiger charge is 2.12. The number of hydrogen-bond acceptors (Lipinski definition) is 4. The molecule has 0 unspecified atom stereocenters. The summed E-state index contributed by atoms with van der Waals surface area (Å²) >= 11 is 1.66. The predicted molar refractivity (Wildman–Crippen MR) is 86.2 cm³/mol. The van der Waals surface area contributed by atoms with E-state index in [1.807, 2.05) is 35.7 Å². The van der Waals surface area contributed by atoms with Gasteiger partial charge in [-0.2, -0.15) is 0 Å². The Balaban J connectivity index is 1.87. The highest BCUT2D eigenvalue weighted by atomic mass is 32.1. The van der Waals surface area contributed by atoms with E-state index in [2.05, 4.69) is 15.1 Å². The number of H-pyrrole nitrogens is 1. The minimum Gasteiger partial charge on any atom is -0.296 e. The van der Waals surface area contributed by atoms with Crippen molar-refractivity contribution in [2.45, 2.75) is 6.42 Å². The highest BCUT2D eigenvalue weighted by Crippen LogP contribution is 2.21. The van der Waals surface area contributed by atoms with Gasteiger partial charge in [0.15, 0.2) is 5.65 Å². The molecule has 0 amide bonds. The van der Waals surface area contributed by atoms with Crippen molar-refractivity contribution in [1.82, 2.24) is 19.6 Å². The zero-order valence-corrected chi connectivity index (χ0v) is 12.4. The van der Waals surface area contributed by atoms with Crippen molar-refractivity contribution in [3.63, 3.8) is 0 Å². The lowest BCUT2D eigenvalue weighted by Gasteiger charge is -2.01. The van der Waals surface area contributed by atoms with E-state index in [0.717, 1.165) is 17.0 Å². The van der Waals surface area contributed by atoms with Crippen LogP contribution < -0.4 is 5.56 Å². The van der Waals surface area contributed by atoms with Gasteiger partial charge in [-0.1, -0.05) is 12.1 Å². The Bertz CT molecular complexity index is 970. The van der Waals surface area contributed by atoms with Crippen LogP contribution in [0.2, 0.25) is 0 Å². The Morgan fingerprint density at radius 3 is 2.95 bits per heavy atom. The second-order valence-electron chi connectivity index (χ2n) is 4.90. The van der Waals surface area contributed by atoms with Crippen molar-refractivity contribution in [2.24, 2.45) is 0 Å². The molecule has 0 saturated carbocycles. The van der Waals surface area contributed by atoms with Crippen molar-refractivity contribution < 1.29 is 0 Å². The first-order valence-electron chi connectivity index (χ1n) is 6.85. The normalized spacial score (nSPS) is 11.1. The van der Waals surface area contributed by atoms with Gasteiger partial charge in [0.05, 0.1) is 17.0 Å². The van der Waals surface area contributed by atoms with Crippen LogP contribution in [0.25, 0.3) is 16.9 Å². The first-order valence-corrected chi connectivity index (χ1v) is 7.73. The lowest BCUT2D eigenvalue weighted by Crippen LogP contribution is -2.15. The Kier molecular flexibility index (Phi) is 3.08. The Morgan fingerprint density at radius 2 is 2.18 bits per heavy atom. The molecule has 0 aliphatic rings. The Labute approximate surface area is 129 Å². The maximum absolute atomic E-state index is 12.2. The average Bonchev–Trinajstić information content (AvgIpc) is 3.18. The van der Waals surface area contributed by atoms with Crippen molar-refractivity contribution in [1.29, 1.82) is 0 Å². The van der Waals surface area contributed by atoms with Gasteiger partial charge in [0.1, 0.15) is 0 Å². The molecular weight excluding hydrogens is 296 g/mol. The Hall–Kier alpha value is -2.73. The van der Waals surface area contributed by atoms with Gasteiger partial charge < -0.3 is 0 Å². The molecule has 0 aromatic carbocycles. The molecule has 4 aromatic heterocycles. The largest absolute Gasteiger partial charge is 0.296 e. The molecule has 0 aliphatic heterocycles. The molecule has 108 valence electrons. The van der Waals surface area contributed by atoms with Gasteiger partial charge in [0.25, 0.3) is 5.56 Å². The molecule has 4 rings (SSSR count). The second-order valence-corrected chi connectivity index (χ2v) is 5.94. The van der Waals surface area contributed by atoms with Crippen molar-refractivity contribution in [3.8, 4) is 11.3 Å². The fourth-order valence-electron chi connectivity index (χ4n) is 2.42. The third-order valence-corrected chi connectivity index (χ3v) is 4.30. The maximum atomic E-state index is 12.2. The summed E-state index contributed by atoms with van der Waals surface area (Å²) in [4.78, 5) is 22.4. The molecule has 0 saturated heterocycles. The smallest absolute Gasteiger partial charge is 0.272 e. The molecule has 0 radical (unpaired) electrons. The van der Waals surface area contributed by atoms with E-state index < -0.39 is 0 Å². The monoisotopic (exact) mass is 308 g/mol. The molecule has 0 atom stereocenters. The van der Waals surface area contributed by atoms with Gasteiger partial charge in [0.2, 0.25) is 0 Å². The Morgan fingerprint density at radius 1 is 1.23 bits per heavy atom. The summed E-state index contributed by atoms with van der Waals surface area (Å²) in [5.41, 5.74) is 2.88. The zero-order valence-electron chi connectivity index (χ0n) is 11.6. The minimum atomic E-state index is -0.112. The number of rotatable bonds is 3. The molecule has 5 nitrogen and oxygen atoms in total. The lowest BCUT2D eigenvalue weighted by atomic mass is 10.2. The van der Waals surface area contributed by atoms with Crippen LogP contribution in [0.1, 0.15) is 10.6 Å². The maximum Gasteiger partial charge on any atom is 0.272 e. The molecular formula is C16H12N4OS. The third-order valence-electron chi connectivity index (χ3n) is 3.43. The van der Waals surface area contributed by atoms with Crippen molar-refractivity contribution >= 4 is 17.0 Å². The highest BCUT2D eigenvalue weighted by molar-refractivity contribution is 7.09. The van der Waals surface area contributed by atoms with Crippen LogP contribution >= 0.6 is 11.3 Å². The van der Waals surface area contributed by atoms with Gasteiger partial charge >= 0.3 is 0 Å². The predicted octanol–water partition coefficient (Wildman–Crippen LogP) is 2.74. The first-order chi connectivity index (χ1) is 10.8. The number of pyridine rings is 1. The first kappa shape index (κ1) is 13.0. The summed E-state index contributed by atoms with van der Waals surface area (Å²) in [6.45, 7) is 0. The quantitative estimate of drug-likeness (QED) is 0.633. The molecule has 22 heavy (non-hydrogen) atoms. The summed E-state index contributed by atoms with van der Waals surface area (Å²) in [7, 11) is 0. The van der Waals surface area contributed by atoms with Gasteiger partial charge in [-0.25, -0.2) is 9.50 Å². The fourth-order valence-corrected chi connectivity index (χ4v) is 3.14. The van der Waals surface area contributed by atoms with Gasteiger partial charge in [-0.05, 0) is 23.6 Å². The SMILES string of the molecule is O=c1cc(Cc2cccs2)nc2c(-c3ccccn3)c[nH]n12. The van der Waals surface area contributed by atoms with Crippen LogP contribution in [0.5, 0.6) is 0 Å². The van der Waals surface area contributed by atoms with Crippen molar-refractivity contribution in [2.75, 3.05) is 0 Å². The van der Waals surface area contributed by atoms with Crippen LogP contribution in [0.15, 0.2) is 59.0 Å². The van der Waals surface area contributed by atoms with Crippen LogP contribution in [0.3, 0.4) is 0 Å². The summed E-state index contributed by atoms with van der Waals surface area (Å²) in [6, 6.07) is 11.3. The molecule has 4 aromatic rings. The van der Waals surface area contributed by atoms with E-state index in [1.54, 1.807) is 29.8 Å². The second kappa shape index (κ2) is 5.23. The summed E-state index contributed by atoms with van der Waals surface area (Å²) in [6.07, 6.45) is 4.16. The van der Waals surface area contributed by atoms with Crippen LogP contribution in [-0.2, 0) is 6.42 Å². The number of nitrogens with zero attached hydrogens (tertiary/aromatic N) is 3. The van der Waals surface area contributed by atoms with Crippen LogP contribution in [-0.4, -0.2) is 19.6 Å². The molecule has 4 heterocycles. The third kappa shape index (κ3) is 2.23. The number of aromatic amines is 1. The standard InChI is InChI=1S/C16H12N4OS/c21-15-9-11(8-12-4-3-7-22-12)19-16-13(10-18-20(15)16)14-5-1-2-6-17-14/h1-7,9-10,18H,8H2. The van der Waals surface area contributed by atoms with E-state index in [4.69, 9.17) is 0 Å². The van der Waals surface area contributed by atoms with Crippen molar-refractivity contribution in [3.05, 3.63) is 75.1 Å². The fraction of sp³-hybridized carbons (Fsp3) is 0.0625. The number of nitrogens with one attached hydrogen (secondary N) is 1. The molecule has 6 heteroatoms. The van der Waals surface area contributed by atoms with Crippen LogP contribution in [0.4, 0.5) is 0 Å². The van der Waals surface area contributed by atoms with E-state index in [1.165, 1.54) is 9.39 Å². The van der Waals surface area contributed by atoms with E-state index >= 15 is 0 Å². The topological polar surface area (TPSA) is 63.0 Å². The molecule has 1 N–H and O–H groups in total. The number of hydrogen-bond donors (Lipinski definition) is 1. The average molecular weight is 308 g/mol. The van der Waals surface area contributed by atoms with E-state index in [9.17, 15) is 4.79 Å². The van der Waals surface area contributed by atoms with Gasteiger partial charge in [-0.15, -0.1) is 11.3 Å². The van der Waals surface area contributed by atoms with Crippen LogP contribution in [0, 0.1) is 0 Å². The summed E-state index contributed by atoms with van der Waals surface area (Å²) < 4.78 is 1.45. The molecule has 0 aliphatic carbocycles. The molecule has 0 spiro atoms. The lowest BCUT2D eigenvalue weighted by molar-refractivity contribution is 0.882. The number of aromatic nitrogens is 4. The summed E-state index contributed by atoms with van der Waals surface area (Å²) in [5, 5.41) is 4.97. The van der Waals surface area contributed by atoms with E-state index in [-0.39, 0.29) is 5.56 Å². The number of fused-ring (bicyclic) bond motifs is 1. The van der Waals surface area contributed by atoms with E-state index in [0.29, 0.717) is 12.1 Å². The number of thiophene rings is 1. The summed E-state index contributed by atoms with van der Waals surface area (Å²) in [5.74, 6) is 0. The zero-order chi connectivity index (χ0) is 14.9. The molecule has 0 bridgehead atoms.